The van der Waals surface area contributed by atoms with Crippen LogP contribution in [0.25, 0.3) is 0 Å². The van der Waals surface area contributed by atoms with Crippen molar-refractivity contribution in [3.05, 3.63) is 66.7 Å². The molecule has 35 heavy (non-hydrogen) atoms. The summed E-state index contributed by atoms with van der Waals surface area (Å²) < 4.78 is 10.6. The fourth-order valence-corrected chi connectivity index (χ4v) is 3.30. The monoisotopic (exact) mass is 535 g/mol. The molecule has 2 aliphatic heterocycles. The number of rotatable bonds is 4. The van der Waals surface area contributed by atoms with E-state index in [1.54, 1.807) is 13.8 Å². The van der Waals surface area contributed by atoms with E-state index in [1.807, 2.05) is 13.8 Å². The molecule has 191 valence electrons. The molecule has 0 fully saturated rings. The Morgan fingerprint density at radius 3 is 1.40 bits per heavy atom. The standard InChI is InChI=1S/2C11H12N2O4.Cu/c2*1-6-3-8(13(15)16)4-9(10(6)14)11-12-7(2)5-17-11;/h2*3-4,7,14H,5H2,1-2H3;/t2*7-;/m00./s1. The second-order valence-corrected chi connectivity index (χ2v) is 8.02. The minimum Gasteiger partial charge on any atom is -0.507 e. The molecule has 2 aliphatic rings. The molecule has 2 aromatic carbocycles. The third kappa shape index (κ3) is 6.25. The third-order valence-corrected chi connectivity index (χ3v) is 5.05. The Labute approximate surface area is 211 Å². The number of nitrogens with zero attached hydrogens (tertiary/aromatic N) is 4. The van der Waals surface area contributed by atoms with Crippen molar-refractivity contribution in [1.82, 2.24) is 0 Å². The average Bonchev–Trinajstić information content (AvgIpc) is 3.40. The molecule has 0 unspecified atom stereocenters. The summed E-state index contributed by atoms with van der Waals surface area (Å²) in [6, 6.07) is 5.20. The summed E-state index contributed by atoms with van der Waals surface area (Å²) in [5.41, 5.74) is 1.25. The largest absolute Gasteiger partial charge is 0.507 e. The third-order valence-electron chi connectivity index (χ3n) is 5.05. The number of benzene rings is 2. The van der Waals surface area contributed by atoms with Crippen molar-refractivity contribution < 1.29 is 46.6 Å². The summed E-state index contributed by atoms with van der Waals surface area (Å²) in [5, 5.41) is 41.2. The van der Waals surface area contributed by atoms with Crippen LogP contribution in [0.2, 0.25) is 0 Å². The predicted octanol–water partition coefficient (Wildman–Crippen LogP) is 3.55. The Hall–Kier alpha value is -3.70. The Kier molecular flexibility index (Phi) is 8.77. The summed E-state index contributed by atoms with van der Waals surface area (Å²) >= 11 is 0. The number of aromatic hydroxyl groups is 2. The smallest absolute Gasteiger partial charge is 0.270 e. The molecule has 2 aromatic rings. The second kappa shape index (κ2) is 11.1. The van der Waals surface area contributed by atoms with Gasteiger partial charge in [-0.25, -0.2) is 9.98 Å². The molecule has 0 aromatic heterocycles. The Morgan fingerprint density at radius 1 is 0.800 bits per heavy atom. The van der Waals surface area contributed by atoms with Crippen LogP contribution >= 0.6 is 0 Å². The zero-order valence-electron chi connectivity index (χ0n) is 19.3. The molecule has 2 N–H and O–H groups in total. The number of nitro benzene ring substituents is 2. The van der Waals surface area contributed by atoms with E-state index >= 15 is 0 Å². The van der Waals surface area contributed by atoms with Gasteiger partial charge in [-0.3, -0.25) is 20.2 Å². The number of phenolic OH excluding ortho intramolecular Hbond substituents is 2. The zero-order chi connectivity index (χ0) is 25.2. The first kappa shape index (κ1) is 27.5. The van der Waals surface area contributed by atoms with Gasteiger partial charge < -0.3 is 19.7 Å². The van der Waals surface area contributed by atoms with Gasteiger partial charge in [0.05, 0.1) is 33.1 Å². The molecule has 0 saturated carbocycles. The Balaban J connectivity index is 0.000000240. The number of hydrogen-bond donors (Lipinski definition) is 2. The maximum Gasteiger partial charge on any atom is 0.270 e. The van der Waals surface area contributed by atoms with Crippen molar-refractivity contribution in [3.8, 4) is 11.5 Å². The summed E-state index contributed by atoms with van der Waals surface area (Å²) in [4.78, 5) is 28.8. The van der Waals surface area contributed by atoms with Gasteiger partial charge in [0, 0.05) is 41.3 Å². The van der Waals surface area contributed by atoms with Gasteiger partial charge in [-0.05, 0) is 38.8 Å². The minimum atomic E-state index is -0.505. The van der Waals surface area contributed by atoms with Gasteiger partial charge in [0.15, 0.2) is 0 Å². The Bertz CT molecular complexity index is 1120. The SMILES string of the molecule is Cc1cc([N+](=O)[O-])cc(C2=N[C@@H](C)CO2)c1O.Cc1cc([N+](=O)[O-])cc(C2=N[C@@H](C)CO2)c1O.[Cu]. The van der Waals surface area contributed by atoms with Crippen LogP contribution in [0.1, 0.15) is 36.1 Å². The number of hydrogen-bond acceptors (Lipinski definition) is 10. The molecule has 2 heterocycles. The molecule has 2 atom stereocenters. The van der Waals surface area contributed by atoms with Crippen LogP contribution in [0.4, 0.5) is 11.4 Å². The number of phenols is 2. The van der Waals surface area contributed by atoms with Crippen LogP contribution in [0.15, 0.2) is 34.3 Å². The summed E-state index contributed by atoms with van der Waals surface area (Å²) in [6.45, 7) is 7.80. The van der Waals surface area contributed by atoms with E-state index in [1.165, 1.54) is 24.3 Å². The van der Waals surface area contributed by atoms with E-state index in [0.717, 1.165) is 0 Å². The molecule has 1 radical (unpaired) electrons. The van der Waals surface area contributed by atoms with E-state index in [2.05, 4.69) is 9.98 Å². The number of ether oxygens (including phenoxy) is 2. The molecule has 0 amide bonds. The van der Waals surface area contributed by atoms with Crippen molar-refractivity contribution in [1.29, 1.82) is 0 Å². The van der Waals surface area contributed by atoms with Gasteiger partial charge in [-0.1, -0.05) is 0 Å². The minimum absolute atomic E-state index is 0. The van der Waals surface area contributed by atoms with E-state index in [9.17, 15) is 30.4 Å². The number of non-ortho nitro benzene ring substituents is 2. The topological polar surface area (TPSA) is 170 Å². The fourth-order valence-electron chi connectivity index (χ4n) is 3.30. The van der Waals surface area contributed by atoms with Gasteiger partial charge in [0.2, 0.25) is 11.8 Å². The van der Waals surface area contributed by atoms with Crippen molar-refractivity contribution in [2.24, 2.45) is 9.98 Å². The van der Waals surface area contributed by atoms with E-state index < -0.39 is 9.85 Å². The second-order valence-electron chi connectivity index (χ2n) is 8.02. The van der Waals surface area contributed by atoms with Crippen LogP contribution in [0, 0.1) is 34.1 Å². The average molecular weight is 536 g/mol. The quantitative estimate of drug-likeness (QED) is 0.340. The normalized spacial score (nSPS) is 18.2. The zero-order valence-corrected chi connectivity index (χ0v) is 20.3. The van der Waals surface area contributed by atoms with Crippen molar-refractivity contribution >= 4 is 23.2 Å². The van der Waals surface area contributed by atoms with Crippen molar-refractivity contribution in [2.75, 3.05) is 13.2 Å². The molecule has 0 saturated heterocycles. The van der Waals surface area contributed by atoms with Gasteiger partial charge in [-0.2, -0.15) is 0 Å². The summed E-state index contributed by atoms with van der Waals surface area (Å²) in [5.74, 6) is 0.482. The van der Waals surface area contributed by atoms with Crippen LogP contribution in [-0.4, -0.2) is 57.2 Å². The molecule has 0 aliphatic carbocycles. The van der Waals surface area contributed by atoms with E-state index in [4.69, 9.17) is 9.47 Å². The molecule has 0 bridgehead atoms. The molecular weight excluding hydrogens is 512 g/mol. The first-order valence-electron chi connectivity index (χ1n) is 10.4. The first-order valence-corrected chi connectivity index (χ1v) is 10.4. The van der Waals surface area contributed by atoms with Gasteiger partial charge in [0.25, 0.3) is 11.4 Å². The van der Waals surface area contributed by atoms with Crippen LogP contribution < -0.4 is 0 Å². The molecule has 4 rings (SSSR count). The molecule has 12 nitrogen and oxygen atoms in total. The van der Waals surface area contributed by atoms with Crippen LogP contribution in [-0.2, 0) is 26.5 Å². The number of aliphatic imine (C=N–C) groups is 2. The van der Waals surface area contributed by atoms with E-state index in [0.29, 0.717) is 24.3 Å². The number of aryl methyl sites for hydroxylation is 2. The first-order chi connectivity index (χ1) is 16.0. The maximum atomic E-state index is 10.7. The van der Waals surface area contributed by atoms with Crippen LogP contribution in [0.5, 0.6) is 11.5 Å². The molecule has 13 heteroatoms. The summed E-state index contributed by atoms with van der Waals surface area (Å²) in [7, 11) is 0. The van der Waals surface area contributed by atoms with Gasteiger partial charge in [0.1, 0.15) is 24.7 Å². The van der Waals surface area contributed by atoms with Crippen molar-refractivity contribution in [3.63, 3.8) is 0 Å². The van der Waals surface area contributed by atoms with Crippen LogP contribution in [0.3, 0.4) is 0 Å². The Morgan fingerprint density at radius 2 is 1.14 bits per heavy atom. The maximum absolute atomic E-state index is 10.7. The van der Waals surface area contributed by atoms with Gasteiger partial charge in [-0.15, -0.1) is 0 Å². The fraction of sp³-hybridized carbons (Fsp3) is 0.364. The summed E-state index contributed by atoms with van der Waals surface area (Å²) in [6.07, 6.45) is 0. The molecule has 0 spiro atoms. The number of nitro groups is 2. The van der Waals surface area contributed by atoms with E-state index in [-0.39, 0.29) is 74.9 Å². The molecular formula is C22H24CuN4O8. The van der Waals surface area contributed by atoms with Gasteiger partial charge >= 0.3 is 0 Å². The predicted molar refractivity (Wildman–Crippen MR) is 123 cm³/mol. The van der Waals surface area contributed by atoms with Crippen molar-refractivity contribution in [2.45, 2.75) is 39.8 Å².